The second kappa shape index (κ2) is 7.53. The van der Waals surface area contributed by atoms with Crippen LogP contribution in [0.4, 0.5) is 24.8 Å². The molecule has 0 aliphatic rings. The summed E-state index contributed by atoms with van der Waals surface area (Å²) in [6.45, 7) is 5.34. The van der Waals surface area contributed by atoms with Crippen molar-refractivity contribution >= 4 is 28.6 Å². The molecule has 1 heterocycles. The van der Waals surface area contributed by atoms with Crippen LogP contribution in [0, 0.1) is 5.92 Å². The van der Waals surface area contributed by atoms with Gasteiger partial charge in [-0.05, 0) is 36.8 Å². The standard InChI is InChI=1S/C20H21F3N4O/c1-11(2)18(28)25-15-8-5-9-16-17(15)27-19(26-16)24-12(3)13-6-4-7-14(10-13)20(21,22)23/h4-12H,1-3H3,(H,25,28)(H2,24,26,27). The molecular formula is C20H21F3N4O. The van der Waals surface area contributed by atoms with Crippen LogP contribution in [0.2, 0.25) is 0 Å². The highest BCUT2D eigenvalue weighted by Gasteiger charge is 2.30. The van der Waals surface area contributed by atoms with Crippen LogP contribution in [0.3, 0.4) is 0 Å². The molecule has 1 amide bonds. The Balaban J connectivity index is 1.84. The van der Waals surface area contributed by atoms with Crippen molar-refractivity contribution in [1.82, 2.24) is 9.97 Å². The number of carbonyl (C=O) groups is 1. The van der Waals surface area contributed by atoms with Gasteiger partial charge in [-0.25, -0.2) is 4.98 Å². The topological polar surface area (TPSA) is 69.8 Å². The zero-order chi connectivity index (χ0) is 20.5. The fourth-order valence-corrected chi connectivity index (χ4v) is 2.75. The summed E-state index contributed by atoms with van der Waals surface area (Å²) in [5.41, 5.74) is 1.66. The Labute approximate surface area is 160 Å². The molecule has 3 rings (SSSR count). The number of benzene rings is 2. The summed E-state index contributed by atoms with van der Waals surface area (Å²) in [5.74, 6) is 0.112. The number of carbonyl (C=O) groups excluding carboxylic acids is 1. The lowest BCUT2D eigenvalue weighted by molar-refractivity contribution is -0.137. The average Bonchev–Trinajstić information content (AvgIpc) is 3.04. The molecule has 3 N–H and O–H groups in total. The molecule has 0 aliphatic carbocycles. The number of nitrogens with one attached hydrogen (secondary N) is 3. The maximum atomic E-state index is 12.9. The Morgan fingerprint density at radius 1 is 1.11 bits per heavy atom. The molecule has 148 valence electrons. The first-order valence-corrected chi connectivity index (χ1v) is 8.88. The number of halogens is 3. The van der Waals surface area contributed by atoms with Crippen LogP contribution in [0.5, 0.6) is 0 Å². The normalized spacial score (nSPS) is 13.0. The minimum Gasteiger partial charge on any atom is -0.349 e. The summed E-state index contributed by atoms with van der Waals surface area (Å²) in [6, 6.07) is 10.1. The fourth-order valence-electron chi connectivity index (χ4n) is 2.75. The van der Waals surface area contributed by atoms with Gasteiger partial charge < -0.3 is 15.6 Å². The van der Waals surface area contributed by atoms with E-state index < -0.39 is 17.8 Å². The third kappa shape index (κ3) is 4.27. The number of para-hydroxylation sites is 1. The van der Waals surface area contributed by atoms with Gasteiger partial charge in [-0.2, -0.15) is 13.2 Å². The van der Waals surface area contributed by atoms with Crippen molar-refractivity contribution in [1.29, 1.82) is 0 Å². The monoisotopic (exact) mass is 390 g/mol. The summed E-state index contributed by atoms with van der Waals surface area (Å²) in [5, 5.41) is 5.92. The number of fused-ring (bicyclic) bond motifs is 1. The first-order chi connectivity index (χ1) is 13.1. The molecule has 0 saturated carbocycles. The fraction of sp³-hybridized carbons (Fsp3) is 0.300. The van der Waals surface area contributed by atoms with Crippen LogP contribution in [0.1, 0.15) is 37.9 Å². The molecule has 8 heteroatoms. The van der Waals surface area contributed by atoms with Gasteiger partial charge in [0.05, 0.1) is 22.8 Å². The highest BCUT2D eigenvalue weighted by molar-refractivity contribution is 6.00. The van der Waals surface area contributed by atoms with Gasteiger partial charge in [0, 0.05) is 5.92 Å². The molecule has 0 fully saturated rings. The summed E-state index contributed by atoms with van der Waals surface area (Å²) in [6.07, 6.45) is -4.39. The Hall–Kier alpha value is -3.03. The molecule has 2 aromatic carbocycles. The van der Waals surface area contributed by atoms with Crippen molar-refractivity contribution in [2.75, 3.05) is 10.6 Å². The van der Waals surface area contributed by atoms with Crippen molar-refractivity contribution in [2.24, 2.45) is 5.92 Å². The molecular weight excluding hydrogens is 369 g/mol. The molecule has 3 aromatic rings. The van der Waals surface area contributed by atoms with E-state index in [4.69, 9.17) is 0 Å². The number of H-pyrrole nitrogens is 1. The molecule has 0 bridgehead atoms. The highest BCUT2D eigenvalue weighted by atomic mass is 19.4. The van der Waals surface area contributed by atoms with Crippen LogP contribution in [0.25, 0.3) is 11.0 Å². The van der Waals surface area contributed by atoms with Gasteiger partial charge in [-0.15, -0.1) is 0 Å². The molecule has 1 unspecified atom stereocenters. The SMILES string of the molecule is CC(C)C(=O)Nc1cccc2[nH]c(NC(C)c3cccc(C(F)(F)F)c3)nc12. The van der Waals surface area contributed by atoms with Gasteiger partial charge >= 0.3 is 6.18 Å². The molecule has 1 atom stereocenters. The Bertz CT molecular complexity index is 995. The van der Waals surface area contributed by atoms with E-state index >= 15 is 0 Å². The third-order valence-electron chi connectivity index (χ3n) is 4.36. The first kappa shape index (κ1) is 19.7. The Kier molecular flexibility index (Phi) is 5.31. The lowest BCUT2D eigenvalue weighted by Gasteiger charge is -2.15. The van der Waals surface area contributed by atoms with Crippen LogP contribution in [-0.4, -0.2) is 15.9 Å². The zero-order valence-corrected chi connectivity index (χ0v) is 15.7. The van der Waals surface area contributed by atoms with Crippen LogP contribution in [-0.2, 0) is 11.0 Å². The number of nitrogens with zero attached hydrogens (tertiary/aromatic N) is 1. The number of rotatable bonds is 5. The van der Waals surface area contributed by atoms with Gasteiger partial charge in [0.25, 0.3) is 0 Å². The smallest absolute Gasteiger partial charge is 0.349 e. The van der Waals surface area contributed by atoms with Crippen molar-refractivity contribution in [2.45, 2.75) is 33.0 Å². The van der Waals surface area contributed by atoms with Gasteiger partial charge in [-0.3, -0.25) is 4.79 Å². The zero-order valence-electron chi connectivity index (χ0n) is 15.7. The predicted octanol–water partition coefficient (Wildman–Crippen LogP) is 5.35. The Morgan fingerprint density at radius 3 is 2.50 bits per heavy atom. The summed E-state index contributed by atoms with van der Waals surface area (Å²) in [7, 11) is 0. The number of hydrogen-bond donors (Lipinski definition) is 3. The average molecular weight is 390 g/mol. The molecule has 5 nitrogen and oxygen atoms in total. The lowest BCUT2D eigenvalue weighted by atomic mass is 10.1. The van der Waals surface area contributed by atoms with Gasteiger partial charge in [0.1, 0.15) is 5.52 Å². The summed E-state index contributed by atoms with van der Waals surface area (Å²) >= 11 is 0. The number of imidazole rings is 1. The van der Waals surface area contributed by atoms with Crippen molar-refractivity contribution < 1.29 is 18.0 Å². The first-order valence-electron chi connectivity index (χ1n) is 8.88. The quantitative estimate of drug-likeness (QED) is 0.550. The van der Waals surface area contributed by atoms with Gasteiger partial charge in [0.2, 0.25) is 11.9 Å². The minimum atomic E-state index is -4.39. The van der Waals surface area contributed by atoms with E-state index in [1.54, 1.807) is 39.0 Å². The molecule has 0 radical (unpaired) electrons. The predicted molar refractivity (Wildman–Crippen MR) is 103 cm³/mol. The molecule has 1 aromatic heterocycles. The van der Waals surface area contributed by atoms with Crippen molar-refractivity contribution in [3.63, 3.8) is 0 Å². The second-order valence-corrected chi connectivity index (χ2v) is 6.92. The lowest BCUT2D eigenvalue weighted by Crippen LogP contribution is -2.17. The number of amides is 1. The molecule has 28 heavy (non-hydrogen) atoms. The maximum absolute atomic E-state index is 12.9. The molecule has 0 spiro atoms. The van der Waals surface area contributed by atoms with E-state index in [1.807, 2.05) is 6.07 Å². The number of alkyl halides is 3. The highest BCUT2D eigenvalue weighted by Crippen LogP contribution is 2.31. The minimum absolute atomic E-state index is 0.123. The van der Waals surface area contributed by atoms with E-state index in [1.165, 1.54) is 6.07 Å². The molecule has 0 saturated heterocycles. The Morgan fingerprint density at radius 2 is 1.82 bits per heavy atom. The van der Waals surface area contributed by atoms with E-state index in [0.717, 1.165) is 12.1 Å². The van der Waals surface area contributed by atoms with E-state index in [2.05, 4.69) is 20.6 Å². The van der Waals surface area contributed by atoms with Crippen LogP contribution >= 0.6 is 0 Å². The largest absolute Gasteiger partial charge is 0.416 e. The van der Waals surface area contributed by atoms with E-state index in [0.29, 0.717) is 28.2 Å². The number of aromatic amines is 1. The summed E-state index contributed by atoms with van der Waals surface area (Å²) < 4.78 is 38.8. The number of anilines is 2. The number of aromatic nitrogens is 2. The van der Waals surface area contributed by atoms with Crippen molar-refractivity contribution in [3.8, 4) is 0 Å². The number of hydrogen-bond acceptors (Lipinski definition) is 3. The van der Waals surface area contributed by atoms with Crippen LogP contribution in [0.15, 0.2) is 42.5 Å². The van der Waals surface area contributed by atoms with E-state index in [9.17, 15) is 18.0 Å². The van der Waals surface area contributed by atoms with Gasteiger partial charge in [0.15, 0.2) is 0 Å². The second-order valence-electron chi connectivity index (χ2n) is 6.92. The summed E-state index contributed by atoms with van der Waals surface area (Å²) in [4.78, 5) is 19.5. The van der Waals surface area contributed by atoms with E-state index in [-0.39, 0.29) is 11.8 Å². The third-order valence-corrected chi connectivity index (χ3v) is 4.36. The van der Waals surface area contributed by atoms with Crippen LogP contribution < -0.4 is 10.6 Å². The van der Waals surface area contributed by atoms with Crippen molar-refractivity contribution in [3.05, 3.63) is 53.6 Å². The molecule has 0 aliphatic heterocycles. The maximum Gasteiger partial charge on any atom is 0.416 e. The van der Waals surface area contributed by atoms with Gasteiger partial charge in [-0.1, -0.05) is 32.0 Å².